The van der Waals surface area contributed by atoms with Crippen LogP contribution in [0.25, 0.3) is 0 Å². The second-order valence-electron chi connectivity index (χ2n) is 5.36. The average Bonchev–Trinajstić information content (AvgIpc) is 3.08. The summed E-state index contributed by atoms with van der Waals surface area (Å²) in [5, 5.41) is 19.3. The van der Waals surface area contributed by atoms with Crippen LogP contribution in [0.3, 0.4) is 0 Å². The summed E-state index contributed by atoms with van der Waals surface area (Å²) in [5.74, 6) is 0.143. The van der Waals surface area contributed by atoms with E-state index in [1.807, 2.05) is 53.9 Å². The summed E-state index contributed by atoms with van der Waals surface area (Å²) in [4.78, 5) is 13.4. The normalized spacial score (nSPS) is 11.8. The summed E-state index contributed by atoms with van der Waals surface area (Å²) in [6.07, 6.45) is 0. The lowest BCUT2D eigenvalue weighted by Crippen LogP contribution is -2.13. The van der Waals surface area contributed by atoms with Crippen LogP contribution in [0.15, 0.2) is 60.0 Å². The summed E-state index contributed by atoms with van der Waals surface area (Å²) in [5.41, 5.74) is 3.59. The summed E-state index contributed by atoms with van der Waals surface area (Å²) in [7, 11) is 0. The van der Waals surface area contributed by atoms with Gasteiger partial charge in [-0.15, -0.1) is 28.3 Å². The molecule has 25 heavy (non-hydrogen) atoms. The van der Waals surface area contributed by atoms with E-state index in [2.05, 4.69) is 16.0 Å². The predicted molar refractivity (Wildman–Crippen MR) is 109 cm³/mol. The third-order valence-electron chi connectivity index (χ3n) is 3.75. The second kappa shape index (κ2) is 7.08. The Labute approximate surface area is 159 Å². The van der Waals surface area contributed by atoms with Gasteiger partial charge in [0.1, 0.15) is 5.84 Å². The number of amides is 1. The Morgan fingerprint density at radius 3 is 2.44 bits per heavy atom. The summed E-state index contributed by atoms with van der Waals surface area (Å²) in [6, 6.07) is 16.8. The van der Waals surface area contributed by atoms with E-state index >= 15 is 0 Å². The van der Waals surface area contributed by atoms with Gasteiger partial charge in [-0.2, -0.15) is 0 Å². The number of benzene rings is 2. The highest BCUT2D eigenvalue weighted by Crippen LogP contribution is 2.33. The molecule has 4 N–H and O–H groups in total. The molecule has 0 spiro atoms. The van der Waals surface area contributed by atoms with Gasteiger partial charge in [-0.05, 0) is 41.8 Å². The number of hydrogen-bond acceptors (Lipinski definition) is 4. The first-order chi connectivity index (χ1) is 11.7. The number of anilines is 4. The van der Waals surface area contributed by atoms with E-state index in [9.17, 15) is 4.79 Å². The second-order valence-corrected chi connectivity index (χ2v) is 6.31. The molecule has 0 bridgehead atoms. The number of para-hydroxylation sites is 2. The number of carbonyl (C=O) groups excluding carboxylic acids is 1. The fourth-order valence-electron chi connectivity index (χ4n) is 2.58. The molecule has 4 rings (SSSR count). The number of amidine groups is 1. The first kappa shape index (κ1) is 17.2. The molecule has 2 aromatic carbocycles. The van der Waals surface area contributed by atoms with Crippen molar-refractivity contribution < 1.29 is 4.79 Å². The number of thiophene rings is 1. The van der Waals surface area contributed by atoms with Gasteiger partial charge in [-0.1, -0.05) is 18.2 Å². The Bertz CT molecular complexity index is 940. The van der Waals surface area contributed by atoms with Crippen molar-refractivity contribution in [2.75, 3.05) is 16.0 Å². The molecule has 0 aliphatic carbocycles. The van der Waals surface area contributed by atoms with Crippen LogP contribution in [-0.2, 0) is 0 Å². The maximum absolute atomic E-state index is 12.5. The molecule has 1 amide bonds. The molecule has 2 heterocycles. The minimum Gasteiger partial charge on any atom is -0.353 e. The first-order valence-corrected chi connectivity index (χ1v) is 8.29. The summed E-state index contributed by atoms with van der Waals surface area (Å²) in [6.45, 7) is 0. The van der Waals surface area contributed by atoms with Crippen LogP contribution in [-0.4, -0.2) is 11.7 Å². The van der Waals surface area contributed by atoms with E-state index in [-0.39, 0.29) is 22.9 Å². The zero-order valence-corrected chi connectivity index (χ0v) is 15.5. The highest BCUT2D eigenvalue weighted by atomic mass is 79.9. The molecule has 0 saturated carbocycles. The quantitative estimate of drug-likeness (QED) is 0.349. The molecule has 5 nitrogen and oxygen atoms in total. The maximum atomic E-state index is 12.5. The van der Waals surface area contributed by atoms with Crippen LogP contribution in [0.2, 0.25) is 0 Å². The van der Waals surface area contributed by atoms with E-state index in [1.165, 1.54) is 11.3 Å². The molecular weight excluding hydrogens is 400 g/mol. The Kier molecular flexibility index (Phi) is 4.87. The standard InChI is InChI=1S/C18H14N4OS.BrH/c19-17(16-6-3-9-24-16)20-11-7-8-13-12(10-11)18(23)22-15-5-2-1-4-14(15)21-13;/h1-10,21H,(H2,19,20)(H,22,23);1H. The molecule has 3 aromatic rings. The van der Waals surface area contributed by atoms with Crippen LogP contribution in [0, 0.1) is 5.41 Å². The molecule has 1 aliphatic rings. The van der Waals surface area contributed by atoms with Crippen LogP contribution in [0.5, 0.6) is 0 Å². The zero-order chi connectivity index (χ0) is 16.5. The van der Waals surface area contributed by atoms with Gasteiger partial charge in [0, 0.05) is 5.69 Å². The number of carbonyl (C=O) groups is 1. The number of halogens is 1. The Morgan fingerprint density at radius 1 is 0.960 bits per heavy atom. The molecule has 0 fully saturated rings. The number of hydrogen-bond donors (Lipinski definition) is 4. The highest BCUT2D eigenvalue weighted by Gasteiger charge is 2.19. The smallest absolute Gasteiger partial charge is 0.257 e. The van der Waals surface area contributed by atoms with E-state index in [0.717, 1.165) is 21.9 Å². The molecule has 126 valence electrons. The monoisotopic (exact) mass is 414 g/mol. The number of fused-ring (bicyclic) bond motifs is 2. The van der Waals surface area contributed by atoms with Crippen molar-refractivity contribution in [1.82, 2.24) is 0 Å². The average molecular weight is 415 g/mol. The van der Waals surface area contributed by atoms with Crippen molar-refractivity contribution in [1.29, 1.82) is 5.41 Å². The predicted octanol–water partition coefficient (Wildman–Crippen LogP) is 5.07. The highest BCUT2D eigenvalue weighted by molar-refractivity contribution is 8.93. The Hall–Kier alpha value is -2.64. The maximum Gasteiger partial charge on any atom is 0.257 e. The molecule has 7 heteroatoms. The van der Waals surface area contributed by atoms with E-state index in [0.29, 0.717) is 17.1 Å². The number of nitrogens with one attached hydrogen (secondary N) is 4. The van der Waals surface area contributed by atoms with Gasteiger partial charge in [-0.3, -0.25) is 10.2 Å². The van der Waals surface area contributed by atoms with Crippen molar-refractivity contribution in [2.45, 2.75) is 0 Å². The van der Waals surface area contributed by atoms with Crippen LogP contribution < -0.4 is 16.0 Å². The Morgan fingerprint density at radius 2 is 1.72 bits per heavy atom. The fourth-order valence-corrected chi connectivity index (χ4v) is 3.21. The topological polar surface area (TPSA) is 77.0 Å². The lowest BCUT2D eigenvalue weighted by molar-refractivity contribution is 0.102. The zero-order valence-electron chi connectivity index (χ0n) is 13.0. The summed E-state index contributed by atoms with van der Waals surface area (Å²) < 4.78 is 0. The largest absolute Gasteiger partial charge is 0.353 e. The summed E-state index contributed by atoms with van der Waals surface area (Å²) >= 11 is 1.50. The first-order valence-electron chi connectivity index (χ1n) is 7.41. The van der Waals surface area contributed by atoms with Crippen LogP contribution >= 0.6 is 28.3 Å². The van der Waals surface area contributed by atoms with Gasteiger partial charge < -0.3 is 16.0 Å². The minimum atomic E-state index is -0.172. The van der Waals surface area contributed by atoms with Gasteiger partial charge in [0.05, 0.1) is 27.5 Å². The van der Waals surface area contributed by atoms with Crippen LogP contribution in [0.4, 0.5) is 22.7 Å². The van der Waals surface area contributed by atoms with Crippen molar-refractivity contribution in [3.63, 3.8) is 0 Å². The van der Waals surface area contributed by atoms with Crippen molar-refractivity contribution in [2.24, 2.45) is 0 Å². The van der Waals surface area contributed by atoms with E-state index in [1.54, 1.807) is 6.07 Å². The molecule has 0 saturated heterocycles. The third-order valence-corrected chi connectivity index (χ3v) is 4.63. The third kappa shape index (κ3) is 3.42. The lowest BCUT2D eigenvalue weighted by Gasteiger charge is -2.11. The molecular formula is C18H15BrN4OS. The fraction of sp³-hybridized carbons (Fsp3) is 0. The molecule has 0 unspecified atom stereocenters. The van der Waals surface area contributed by atoms with Gasteiger partial charge in [-0.25, -0.2) is 0 Å². The van der Waals surface area contributed by atoms with Crippen molar-refractivity contribution >= 4 is 62.8 Å². The lowest BCUT2D eigenvalue weighted by atomic mass is 10.1. The van der Waals surface area contributed by atoms with Gasteiger partial charge in [0.15, 0.2) is 0 Å². The minimum absolute atomic E-state index is 0. The van der Waals surface area contributed by atoms with Gasteiger partial charge in [0.25, 0.3) is 5.91 Å². The van der Waals surface area contributed by atoms with Gasteiger partial charge >= 0.3 is 0 Å². The van der Waals surface area contributed by atoms with Crippen LogP contribution in [0.1, 0.15) is 15.2 Å². The molecule has 1 aromatic heterocycles. The number of rotatable bonds is 2. The van der Waals surface area contributed by atoms with Crippen molar-refractivity contribution in [3.8, 4) is 0 Å². The van der Waals surface area contributed by atoms with Crippen molar-refractivity contribution in [3.05, 3.63) is 70.4 Å². The Balaban J connectivity index is 0.00000182. The molecule has 0 atom stereocenters. The molecule has 1 aliphatic heterocycles. The SMILES string of the molecule is Br.N=C(Nc1ccc2c(c1)C(=O)Nc1ccccc1N2)c1cccs1. The van der Waals surface area contributed by atoms with E-state index < -0.39 is 0 Å². The van der Waals surface area contributed by atoms with Gasteiger partial charge in [0.2, 0.25) is 0 Å². The van der Waals surface area contributed by atoms with E-state index in [4.69, 9.17) is 5.41 Å². The molecule has 0 radical (unpaired) electrons.